The summed E-state index contributed by atoms with van der Waals surface area (Å²) in [6.45, 7) is 2.05. The van der Waals surface area contributed by atoms with Crippen molar-refractivity contribution in [1.82, 2.24) is 0 Å². The second-order valence-electron chi connectivity index (χ2n) is 5.47. The lowest BCUT2D eigenvalue weighted by Gasteiger charge is -2.34. The molecule has 21 heavy (non-hydrogen) atoms. The van der Waals surface area contributed by atoms with Crippen LogP contribution in [-0.2, 0) is 0 Å². The zero-order valence-corrected chi connectivity index (χ0v) is 11.8. The molecule has 1 atom stereocenters. The number of hydrogen-bond donors (Lipinski definition) is 0. The molecule has 1 fully saturated rings. The third kappa shape index (κ3) is 3.05. The van der Waals surface area contributed by atoms with Gasteiger partial charge in [-0.25, -0.2) is 0 Å². The summed E-state index contributed by atoms with van der Waals surface area (Å²) in [6, 6.07) is 17.4. The molecule has 1 aliphatic heterocycles. The van der Waals surface area contributed by atoms with Crippen LogP contribution >= 0.6 is 0 Å². The first kappa shape index (κ1) is 13.6. The molecule has 0 N–H and O–H groups in total. The van der Waals surface area contributed by atoms with E-state index in [0.717, 1.165) is 25.9 Å². The molecule has 0 unspecified atom stereocenters. The van der Waals surface area contributed by atoms with Gasteiger partial charge >= 0.3 is 0 Å². The molecule has 1 aliphatic rings. The van der Waals surface area contributed by atoms with Crippen molar-refractivity contribution in [2.75, 3.05) is 18.0 Å². The SMILES string of the molecule is O=[N+]([O-])c1ccc([C@@H]2CCCN(c3ccccc3)C2)cc1. The van der Waals surface area contributed by atoms with Gasteiger partial charge in [0.2, 0.25) is 0 Å². The first-order valence-electron chi connectivity index (χ1n) is 7.28. The van der Waals surface area contributed by atoms with Crippen LogP contribution in [-0.4, -0.2) is 18.0 Å². The van der Waals surface area contributed by atoms with E-state index < -0.39 is 0 Å². The molecule has 1 heterocycles. The monoisotopic (exact) mass is 282 g/mol. The zero-order valence-electron chi connectivity index (χ0n) is 11.8. The molecule has 108 valence electrons. The Morgan fingerprint density at radius 2 is 1.76 bits per heavy atom. The molecule has 2 aromatic carbocycles. The summed E-state index contributed by atoms with van der Waals surface area (Å²) < 4.78 is 0. The van der Waals surface area contributed by atoms with E-state index in [9.17, 15) is 10.1 Å². The summed E-state index contributed by atoms with van der Waals surface area (Å²) >= 11 is 0. The molecule has 1 saturated heterocycles. The van der Waals surface area contributed by atoms with Gasteiger partial charge in [0.25, 0.3) is 5.69 Å². The minimum absolute atomic E-state index is 0.162. The van der Waals surface area contributed by atoms with E-state index in [1.54, 1.807) is 12.1 Å². The fourth-order valence-corrected chi connectivity index (χ4v) is 2.99. The van der Waals surface area contributed by atoms with Crippen molar-refractivity contribution in [2.45, 2.75) is 18.8 Å². The maximum absolute atomic E-state index is 10.7. The second-order valence-corrected chi connectivity index (χ2v) is 5.47. The van der Waals surface area contributed by atoms with Gasteiger partial charge in [-0.2, -0.15) is 0 Å². The Balaban J connectivity index is 1.75. The number of benzene rings is 2. The summed E-state index contributed by atoms with van der Waals surface area (Å²) in [5.74, 6) is 0.444. The van der Waals surface area contributed by atoms with Gasteiger partial charge in [-0.05, 0) is 30.5 Å². The Hall–Kier alpha value is -2.36. The van der Waals surface area contributed by atoms with E-state index in [0.29, 0.717) is 5.92 Å². The van der Waals surface area contributed by atoms with Crippen molar-refractivity contribution in [3.8, 4) is 0 Å². The largest absolute Gasteiger partial charge is 0.371 e. The summed E-state index contributed by atoms with van der Waals surface area (Å²) in [4.78, 5) is 12.8. The molecule has 0 aromatic heterocycles. The number of para-hydroxylation sites is 1. The maximum Gasteiger partial charge on any atom is 0.269 e. The highest BCUT2D eigenvalue weighted by Crippen LogP contribution is 2.30. The molecule has 3 rings (SSSR count). The third-order valence-electron chi connectivity index (χ3n) is 4.12. The van der Waals surface area contributed by atoms with Gasteiger partial charge in [-0.1, -0.05) is 30.3 Å². The van der Waals surface area contributed by atoms with Crippen LogP contribution in [0.2, 0.25) is 0 Å². The molecule has 0 amide bonds. The Labute approximate surface area is 124 Å². The van der Waals surface area contributed by atoms with Gasteiger partial charge in [0.05, 0.1) is 4.92 Å². The van der Waals surface area contributed by atoms with Gasteiger partial charge in [0.15, 0.2) is 0 Å². The van der Waals surface area contributed by atoms with E-state index in [2.05, 4.69) is 29.2 Å². The number of anilines is 1. The Morgan fingerprint density at radius 1 is 1.05 bits per heavy atom. The van der Waals surface area contributed by atoms with Crippen molar-refractivity contribution in [2.24, 2.45) is 0 Å². The minimum Gasteiger partial charge on any atom is -0.371 e. The molecule has 2 aromatic rings. The third-order valence-corrected chi connectivity index (χ3v) is 4.12. The molecule has 4 heteroatoms. The highest BCUT2D eigenvalue weighted by molar-refractivity contribution is 5.47. The first-order valence-corrected chi connectivity index (χ1v) is 7.28. The number of nitrogens with zero attached hydrogens (tertiary/aromatic N) is 2. The van der Waals surface area contributed by atoms with Crippen LogP contribution in [0.3, 0.4) is 0 Å². The Bertz CT molecular complexity index is 610. The Kier molecular flexibility index (Phi) is 3.86. The van der Waals surface area contributed by atoms with Crippen LogP contribution in [0.1, 0.15) is 24.3 Å². The van der Waals surface area contributed by atoms with Crippen molar-refractivity contribution < 1.29 is 4.92 Å². The maximum atomic E-state index is 10.7. The van der Waals surface area contributed by atoms with Crippen LogP contribution in [0, 0.1) is 10.1 Å². The topological polar surface area (TPSA) is 46.4 Å². The summed E-state index contributed by atoms with van der Waals surface area (Å²) in [5, 5.41) is 10.7. The predicted octanol–water partition coefficient (Wildman–Crippen LogP) is 3.98. The lowest BCUT2D eigenvalue weighted by atomic mass is 9.90. The summed E-state index contributed by atoms with van der Waals surface area (Å²) in [5.41, 5.74) is 2.61. The predicted molar refractivity (Wildman–Crippen MR) is 83.7 cm³/mol. The van der Waals surface area contributed by atoms with Gasteiger partial charge in [-0.3, -0.25) is 10.1 Å². The molecule has 0 spiro atoms. The van der Waals surface area contributed by atoms with Gasteiger partial charge < -0.3 is 4.90 Å². The number of piperidine rings is 1. The van der Waals surface area contributed by atoms with Crippen molar-refractivity contribution in [3.63, 3.8) is 0 Å². The molecule has 0 bridgehead atoms. The van der Waals surface area contributed by atoms with Crippen molar-refractivity contribution >= 4 is 11.4 Å². The summed E-state index contributed by atoms with van der Waals surface area (Å²) in [6.07, 6.45) is 2.29. The van der Waals surface area contributed by atoms with E-state index in [1.165, 1.54) is 11.3 Å². The number of non-ortho nitro benzene ring substituents is 1. The van der Waals surface area contributed by atoms with Crippen LogP contribution < -0.4 is 4.90 Å². The fraction of sp³-hybridized carbons (Fsp3) is 0.294. The van der Waals surface area contributed by atoms with Gasteiger partial charge in [-0.15, -0.1) is 0 Å². The van der Waals surface area contributed by atoms with Crippen LogP contribution in [0.4, 0.5) is 11.4 Å². The fourth-order valence-electron chi connectivity index (χ4n) is 2.99. The normalized spacial score (nSPS) is 18.5. The number of rotatable bonds is 3. The number of hydrogen-bond acceptors (Lipinski definition) is 3. The molecular weight excluding hydrogens is 264 g/mol. The lowest BCUT2D eigenvalue weighted by molar-refractivity contribution is -0.384. The quantitative estimate of drug-likeness (QED) is 0.632. The Morgan fingerprint density at radius 3 is 2.43 bits per heavy atom. The molecule has 0 saturated carbocycles. The standard InChI is InChI=1S/C17H18N2O2/c20-19(21)17-10-8-14(9-11-17)15-5-4-12-18(13-15)16-6-2-1-3-7-16/h1-3,6-11,15H,4-5,12-13H2/t15-/m1/s1. The highest BCUT2D eigenvalue weighted by Gasteiger charge is 2.21. The number of nitro groups is 1. The van der Waals surface area contributed by atoms with E-state index in [1.807, 2.05) is 18.2 Å². The van der Waals surface area contributed by atoms with Crippen LogP contribution in [0.15, 0.2) is 54.6 Å². The lowest BCUT2D eigenvalue weighted by Crippen LogP contribution is -2.34. The van der Waals surface area contributed by atoms with Crippen LogP contribution in [0.25, 0.3) is 0 Å². The van der Waals surface area contributed by atoms with E-state index in [4.69, 9.17) is 0 Å². The van der Waals surface area contributed by atoms with Gasteiger partial charge in [0.1, 0.15) is 0 Å². The van der Waals surface area contributed by atoms with E-state index in [-0.39, 0.29) is 10.6 Å². The van der Waals surface area contributed by atoms with E-state index >= 15 is 0 Å². The smallest absolute Gasteiger partial charge is 0.269 e. The molecule has 4 nitrogen and oxygen atoms in total. The number of nitro benzene ring substituents is 1. The van der Waals surface area contributed by atoms with Crippen molar-refractivity contribution in [3.05, 3.63) is 70.3 Å². The zero-order chi connectivity index (χ0) is 14.7. The summed E-state index contributed by atoms with van der Waals surface area (Å²) in [7, 11) is 0. The van der Waals surface area contributed by atoms with Gasteiger partial charge in [0, 0.05) is 36.8 Å². The first-order chi connectivity index (χ1) is 10.2. The average Bonchev–Trinajstić information content (AvgIpc) is 2.56. The molecular formula is C17H18N2O2. The van der Waals surface area contributed by atoms with Crippen molar-refractivity contribution in [1.29, 1.82) is 0 Å². The highest BCUT2D eigenvalue weighted by atomic mass is 16.6. The average molecular weight is 282 g/mol. The molecule has 0 aliphatic carbocycles. The minimum atomic E-state index is -0.346. The van der Waals surface area contributed by atoms with Crippen LogP contribution in [0.5, 0.6) is 0 Å². The molecule has 0 radical (unpaired) electrons. The second kappa shape index (κ2) is 5.95.